The van der Waals surface area contributed by atoms with Crippen LogP contribution in [0.3, 0.4) is 0 Å². The quantitative estimate of drug-likeness (QED) is 0.352. The Morgan fingerprint density at radius 1 is 1.19 bits per heavy atom. The molecule has 1 saturated carbocycles. The van der Waals surface area contributed by atoms with Crippen LogP contribution in [0.1, 0.15) is 28.9 Å². The second kappa shape index (κ2) is 10.3. The van der Waals surface area contributed by atoms with E-state index in [2.05, 4.69) is 20.4 Å². The van der Waals surface area contributed by atoms with Crippen molar-refractivity contribution in [2.45, 2.75) is 25.7 Å². The summed E-state index contributed by atoms with van der Waals surface area (Å²) in [6, 6.07) is 11.9. The van der Waals surface area contributed by atoms with Gasteiger partial charge < -0.3 is 25.2 Å². The molecular weight excluding hydrogens is 501 g/mol. The number of aromatic nitrogens is 2. The summed E-state index contributed by atoms with van der Waals surface area (Å²) in [7, 11) is 1.59. The van der Waals surface area contributed by atoms with Gasteiger partial charge in [-0.1, -0.05) is 29.8 Å². The molecule has 3 N–H and O–H groups in total. The molecule has 0 atom stereocenters. The van der Waals surface area contributed by atoms with Gasteiger partial charge in [-0.25, -0.2) is 0 Å². The van der Waals surface area contributed by atoms with Crippen LogP contribution in [0.15, 0.2) is 48.5 Å². The topological polar surface area (TPSA) is 97.6 Å². The largest absolute Gasteiger partial charge is 0.573 e. The van der Waals surface area contributed by atoms with Crippen LogP contribution >= 0.6 is 11.6 Å². The van der Waals surface area contributed by atoms with Gasteiger partial charge in [0.1, 0.15) is 11.5 Å². The zero-order valence-corrected chi connectivity index (χ0v) is 20.0. The molecule has 0 unspecified atom stereocenters. The van der Waals surface area contributed by atoms with E-state index in [0.29, 0.717) is 11.6 Å². The Morgan fingerprint density at radius 3 is 2.50 bits per heavy atom. The number of nitrogens with one attached hydrogen (secondary N) is 2. The Morgan fingerprint density at radius 2 is 1.89 bits per heavy atom. The van der Waals surface area contributed by atoms with Crippen molar-refractivity contribution in [1.82, 2.24) is 14.9 Å². The lowest BCUT2D eigenvalue weighted by molar-refractivity contribution is -0.274. The van der Waals surface area contributed by atoms with Gasteiger partial charge in [-0.15, -0.1) is 13.2 Å². The lowest BCUT2D eigenvalue weighted by Crippen LogP contribution is -2.33. The SMILES string of the molecule is CNc1nc(Oc2cccc(OC(F)(F)F)c2)n(Cc2ccc(Cl)cc2)c1C(=O)NCC1(CO)CC1. The fourth-order valence-corrected chi connectivity index (χ4v) is 3.72. The van der Waals surface area contributed by atoms with E-state index in [1.54, 1.807) is 31.3 Å². The normalized spacial score (nSPS) is 14.3. The van der Waals surface area contributed by atoms with Crippen molar-refractivity contribution in [1.29, 1.82) is 0 Å². The Kier molecular flexibility index (Phi) is 7.32. The Hall–Kier alpha value is -3.44. The van der Waals surface area contributed by atoms with Gasteiger partial charge in [0.25, 0.3) is 5.91 Å². The van der Waals surface area contributed by atoms with Gasteiger partial charge in [0.15, 0.2) is 11.5 Å². The van der Waals surface area contributed by atoms with Crippen LogP contribution in [0.2, 0.25) is 5.02 Å². The number of ether oxygens (including phenoxy) is 2. The number of aliphatic hydroxyl groups excluding tert-OH is 1. The van der Waals surface area contributed by atoms with E-state index in [1.807, 2.05) is 0 Å². The lowest BCUT2D eigenvalue weighted by Gasteiger charge is -2.16. The second-order valence-corrected chi connectivity index (χ2v) is 8.96. The van der Waals surface area contributed by atoms with E-state index >= 15 is 0 Å². The van der Waals surface area contributed by atoms with Crippen LogP contribution in [0.4, 0.5) is 19.0 Å². The highest BCUT2D eigenvalue weighted by Crippen LogP contribution is 2.44. The third kappa shape index (κ3) is 6.21. The number of halogens is 4. The summed E-state index contributed by atoms with van der Waals surface area (Å²) < 4.78 is 49.3. The predicted molar refractivity (Wildman–Crippen MR) is 127 cm³/mol. The standard InChI is InChI=1S/C24H24ClF3N4O4/c1-29-20-19(21(34)30-13-23(14-33)9-10-23)32(12-15-5-7-16(25)8-6-15)22(31-20)35-17-3-2-4-18(11-17)36-24(26,27)28/h2-8,11,29,33H,9-10,12-14H2,1H3,(H,30,34). The molecule has 2 aromatic carbocycles. The van der Waals surface area contributed by atoms with Crippen LogP contribution in [-0.2, 0) is 6.54 Å². The Labute approximate surface area is 210 Å². The minimum Gasteiger partial charge on any atom is -0.425 e. The van der Waals surface area contributed by atoms with E-state index in [0.717, 1.165) is 30.5 Å². The third-order valence-electron chi connectivity index (χ3n) is 5.80. The first kappa shape index (κ1) is 25.6. The van der Waals surface area contributed by atoms with Gasteiger partial charge in [-0.05, 0) is 42.7 Å². The van der Waals surface area contributed by atoms with E-state index in [4.69, 9.17) is 16.3 Å². The van der Waals surface area contributed by atoms with Crippen LogP contribution in [0, 0.1) is 5.41 Å². The van der Waals surface area contributed by atoms with Crippen molar-refractivity contribution in [3.8, 4) is 17.5 Å². The second-order valence-electron chi connectivity index (χ2n) is 8.52. The molecule has 1 aromatic heterocycles. The third-order valence-corrected chi connectivity index (χ3v) is 6.06. The molecule has 1 aliphatic rings. The van der Waals surface area contributed by atoms with Crippen molar-refractivity contribution >= 4 is 23.3 Å². The number of amides is 1. The van der Waals surface area contributed by atoms with Crippen LogP contribution in [-0.4, -0.2) is 47.1 Å². The molecule has 1 aliphatic carbocycles. The first-order chi connectivity index (χ1) is 17.1. The van der Waals surface area contributed by atoms with Crippen molar-refractivity contribution < 1.29 is 32.5 Å². The average molecular weight is 525 g/mol. The first-order valence-corrected chi connectivity index (χ1v) is 11.4. The number of anilines is 1. The number of carbonyl (C=O) groups excluding carboxylic acids is 1. The molecular formula is C24H24ClF3N4O4. The molecule has 3 aromatic rings. The summed E-state index contributed by atoms with van der Waals surface area (Å²) in [4.78, 5) is 17.6. The van der Waals surface area contributed by atoms with E-state index in [9.17, 15) is 23.1 Å². The van der Waals surface area contributed by atoms with Crippen molar-refractivity contribution in [2.75, 3.05) is 25.5 Å². The van der Waals surface area contributed by atoms with Crippen LogP contribution < -0.4 is 20.1 Å². The number of rotatable bonds is 10. The molecule has 4 rings (SSSR count). The first-order valence-electron chi connectivity index (χ1n) is 11.1. The molecule has 1 fully saturated rings. The minimum absolute atomic E-state index is 0.0214. The molecule has 0 radical (unpaired) electrons. The molecule has 0 saturated heterocycles. The molecule has 0 spiro atoms. The summed E-state index contributed by atoms with van der Waals surface area (Å²) in [6.45, 7) is 0.430. The van der Waals surface area contributed by atoms with Gasteiger partial charge in [0.05, 0.1) is 13.2 Å². The Bertz CT molecular complexity index is 1230. The molecule has 1 amide bonds. The van der Waals surface area contributed by atoms with Crippen molar-refractivity contribution in [2.24, 2.45) is 5.41 Å². The number of nitrogens with zero attached hydrogens (tertiary/aromatic N) is 2. The molecule has 1 heterocycles. The van der Waals surface area contributed by atoms with E-state index in [-0.39, 0.29) is 41.8 Å². The predicted octanol–water partition coefficient (Wildman–Crippen LogP) is 4.82. The zero-order chi connectivity index (χ0) is 25.9. The van der Waals surface area contributed by atoms with Crippen molar-refractivity contribution in [3.63, 3.8) is 0 Å². The summed E-state index contributed by atoms with van der Waals surface area (Å²) in [6.07, 6.45) is -3.22. The lowest BCUT2D eigenvalue weighted by atomic mass is 10.1. The maximum absolute atomic E-state index is 13.2. The minimum atomic E-state index is -4.86. The number of alkyl halides is 3. The van der Waals surface area contributed by atoms with E-state index < -0.39 is 18.0 Å². The van der Waals surface area contributed by atoms with Crippen molar-refractivity contribution in [3.05, 3.63) is 64.8 Å². The maximum Gasteiger partial charge on any atom is 0.573 e. The van der Waals surface area contributed by atoms with Gasteiger partial charge in [0.2, 0.25) is 0 Å². The van der Waals surface area contributed by atoms with Gasteiger partial charge in [-0.3, -0.25) is 9.36 Å². The number of hydrogen-bond acceptors (Lipinski definition) is 6. The fourth-order valence-electron chi connectivity index (χ4n) is 3.59. The van der Waals surface area contributed by atoms with Crippen LogP contribution in [0.5, 0.6) is 17.5 Å². The van der Waals surface area contributed by atoms with Gasteiger partial charge in [0, 0.05) is 30.1 Å². The number of carbonyl (C=O) groups is 1. The smallest absolute Gasteiger partial charge is 0.425 e. The molecule has 36 heavy (non-hydrogen) atoms. The number of benzene rings is 2. The molecule has 0 aliphatic heterocycles. The maximum atomic E-state index is 13.2. The Balaban J connectivity index is 1.68. The summed E-state index contributed by atoms with van der Waals surface area (Å²) >= 11 is 6.00. The number of hydrogen-bond donors (Lipinski definition) is 3. The molecule has 0 bridgehead atoms. The number of imidazole rings is 1. The highest BCUT2D eigenvalue weighted by molar-refractivity contribution is 6.30. The summed E-state index contributed by atoms with van der Waals surface area (Å²) in [5.74, 6) is -0.648. The number of aliphatic hydroxyl groups is 1. The highest BCUT2D eigenvalue weighted by Gasteiger charge is 2.42. The van der Waals surface area contributed by atoms with Gasteiger partial charge in [-0.2, -0.15) is 4.98 Å². The molecule has 12 heteroatoms. The fraction of sp³-hybridized carbons (Fsp3) is 0.333. The monoisotopic (exact) mass is 524 g/mol. The summed E-state index contributed by atoms with van der Waals surface area (Å²) in [5.41, 5.74) is 0.634. The zero-order valence-electron chi connectivity index (χ0n) is 19.2. The molecule has 8 nitrogen and oxygen atoms in total. The van der Waals surface area contributed by atoms with E-state index in [1.165, 1.54) is 16.7 Å². The van der Waals surface area contributed by atoms with Gasteiger partial charge >= 0.3 is 12.4 Å². The summed E-state index contributed by atoms with van der Waals surface area (Å²) in [5, 5.41) is 15.8. The van der Waals surface area contributed by atoms with Crippen LogP contribution in [0.25, 0.3) is 0 Å². The average Bonchev–Trinajstić information content (AvgIpc) is 3.54. The highest BCUT2D eigenvalue weighted by atomic mass is 35.5. The molecule has 192 valence electrons.